The molecule has 0 saturated carbocycles. The molecule has 1 aromatic heterocycles. The molecule has 0 spiro atoms. The zero-order valence-electron chi connectivity index (χ0n) is 11.0. The van der Waals surface area contributed by atoms with Gasteiger partial charge < -0.3 is 10.3 Å². The van der Waals surface area contributed by atoms with Crippen LogP contribution in [-0.4, -0.2) is 15.1 Å². The van der Waals surface area contributed by atoms with E-state index in [2.05, 4.69) is 10.1 Å². The fourth-order valence-electron chi connectivity index (χ4n) is 1.81. The maximum absolute atomic E-state index is 14.0. The van der Waals surface area contributed by atoms with Crippen LogP contribution >= 0.6 is 0 Å². The molecule has 0 amide bonds. The van der Waals surface area contributed by atoms with E-state index < -0.39 is 39.7 Å². The minimum atomic E-state index is -1.35. The van der Waals surface area contributed by atoms with Crippen molar-refractivity contribution in [3.05, 3.63) is 39.8 Å². The van der Waals surface area contributed by atoms with Crippen LogP contribution in [-0.2, 0) is 0 Å². The third-order valence-electron chi connectivity index (χ3n) is 2.85. The Morgan fingerprint density at radius 1 is 1.48 bits per heavy atom. The van der Waals surface area contributed by atoms with E-state index in [0.717, 1.165) is 18.6 Å². The zero-order chi connectivity index (χ0) is 15.6. The van der Waals surface area contributed by atoms with Gasteiger partial charge in [0.1, 0.15) is 11.4 Å². The molecular weight excluding hydrogens is 286 g/mol. The molecule has 0 aliphatic rings. The highest BCUT2D eigenvalue weighted by Crippen LogP contribution is 2.30. The number of nitrogens with two attached hydrogens (primary N) is 1. The molecular formula is C12H12F2N4O3. The number of benzene rings is 1. The van der Waals surface area contributed by atoms with E-state index in [9.17, 15) is 18.9 Å². The van der Waals surface area contributed by atoms with E-state index >= 15 is 0 Å². The topological polar surface area (TPSA) is 108 Å². The van der Waals surface area contributed by atoms with Crippen LogP contribution in [0, 0.1) is 21.7 Å². The molecule has 1 unspecified atom stereocenters. The van der Waals surface area contributed by atoms with Crippen molar-refractivity contribution in [1.82, 2.24) is 10.1 Å². The molecule has 0 aliphatic heterocycles. The molecule has 1 heterocycles. The van der Waals surface area contributed by atoms with Crippen LogP contribution in [0.15, 0.2) is 16.7 Å². The van der Waals surface area contributed by atoms with Crippen LogP contribution in [0.1, 0.15) is 31.7 Å². The predicted molar refractivity (Wildman–Crippen MR) is 68.1 cm³/mol. The van der Waals surface area contributed by atoms with Gasteiger partial charge in [0.2, 0.25) is 17.5 Å². The molecule has 2 N–H and O–H groups in total. The Balaban J connectivity index is 2.47. The second-order valence-electron chi connectivity index (χ2n) is 4.36. The van der Waals surface area contributed by atoms with Crippen molar-refractivity contribution < 1.29 is 18.2 Å². The highest BCUT2D eigenvalue weighted by atomic mass is 19.1. The Kier molecular flexibility index (Phi) is 4.22. The number of aromatic nitrogens is 2. The van der Waals surface area contributed by atoms with Gasteiger partial charge in [-0.25, -0.2) is 4.39 Å². The van der Waals surface area contributed by atoms with Crippen molar-refractivity contribution in [1.29, 1.82) is 0 Å². The number of nitrogens with zero attached hydrogens (tertiary/aromatic N) is 3. The van der Waals surface area contributed by atoms with Crippen molar-refractivity contribution in [3.63, 3.8) is 0 Å². The average molecular weight is 298 g/mol. The summed E-state index contributed by atoms with van der Waals surface area (Å²) < 4.78 is 32.6. The molecule has 1 atom stereocenters. The first-order chi connectivity index (χ1) is 9.95. The van der Waals surface area contributed by atoms with Crippen molar-refractivity contribution in [2.24, 2.45) is 5.73 Å². The highest BCUT2D eigenvalue weighted by molar-refractivity contribution is 5.61. The van der Waals surface area contributed by atoms with Gasteiger partial charge in [-0.15, -0.1) is 0 Å². The molecule has 112 valence electrons. The number of hydrogen-bond donors (Lipinski definition) is 1. The lowest BCUT2D eigenvalue weighted by Crippen LogP contribution is -2.10. The van der Waals surface area contributed by atoms with Gasteiger partial charge >= 0.3 is 5.69 Å². The number of rotatable bonds is 5. The Bertz CT molecular complexity index is 675. The smallest absolute Gasteiger partial charge is 0.305 e. The van der Waals surface area contributed by atoms with E-state index in [4.69, 9.17) is 10.3 Å². The number of halogens is 2. The van der Waals surface area contributed by atoms with Crippen LogP contribution in [0.5, 0.6) is 0 Å². The summed E-state index contributed by atoms with van der Waals surface area (Å²) in [6, 6.07) is 0.956. The molecule has 21 heavy (non-hydrogen) atoms. The van der Waals surface area contributed by atoms with E-state index in [0.29, 0.717) is 6.42 Å². The fraction of sp³-hybridized carbons (Fsp3) is 0.333. The van der Waals surface area contributed by atoms with Gasteiger partial charge in [-0.1, -0.05) is 18.5 Å². The molecule has 0 aliphatic carbocycles. The third-order valence-corrected chi connectivity index (χ3v) is 2.85. The Hall–Kier alpha value is -2.42. The molecule has 1 aromatic carbocycles. The van der Waals surface area contributed by atoms with Gasteiger partial charge in [-0.2, -0.15) is 9.37 Å². The van der Waals surface area contributed by atoms with Gasteiger partial charge in [0.15, 0.2) is 0 Å². The molecule has 0 saturated heterocycles. The van der Waals surface area contributed by atoms with E-state index in [-0.39, 0.29) is 5.89 Å². The second-order valence-corrected chi connectivity index (χ2v) is 4.36. The van der Waals surface area contributed by atoms with Gasteiger partial charge in [0, 0.05) is 6.07 Å². The summed E-state index contributed by atoms with van der Waals surface area (Å²) in [6.45, 7) is 1.90. The summed E-state index contributed by atoms with van der Waals surface area (Å²) in [4.78, 5) is 13.5. The van der Waals surface area contributed by atoms with Gasteiger partial charge in [-0.3, -0.25) is 10.1 Å². The van der Waals surface area contributed by atoms with Crippen LogP contribution in [0.25, 0.3) is 11.4 Å². The standard InChI is InChI=1S/C12H12F2N4O3/c1-2-3-7(15)12-16-11(17-21-12)9-6(13)4-5-8(10(9)14)18(19)20/h4-5,7H,2-3,15H2,1H3. The maximum atomic E-state index is 14.0. The summed E-state index contributed by atoms with van der Waals surface area (Å²) in [5.74, 6) is -2.75. The average Bonchev–Trinajstić information content (AvgIpc) is 2.88. The van der Waals surface area contributed by atoms with Gasteiger partial charge in [0.05, 0.1) is 11.0 Å². The van der Waals surface area contributed by atoms with Crippen molar-refractivity contribution in [3.8, 4) is 11.4 Å². The molecule has 7 nitrogen and oxygen atoms in total. The minimum absolute atomic E-state index is 0.0251. The lowest BCUT2D eigenvalue weighted by Gasteiger charge is -2.02. The van der Waals surface area contributed by atoms with E-state index in [1.54, 1.807) is 0 Å². The number of nitro groups is 1. The van der Waals surface area contributed by atoms with Gasteiger partial charge in [-0.05, 0) is 12.5 Å². The van der Waals surface area contributed by atoms with E-state index in [1.807, 2.05) is 6.92 Å². The second kappa shape index (κ2) is 5.92. The molecule has 0 radical (unpaired) electrons. The summed E-state index contributed by atoms with van der Waals surface area (Å²) in [6.07, 6.45) is 1.32. The summed E-state index contributed by atoms with van der Waals surface area (Å²) in [5.41, 5.74) is 4.19. The van der Waals surface area contributed by atoms with Crippen molar-refractivity contribution in [2.45, 2.75) is 25.8 Å². The van der Waals surface area contributed by atoms with Crippen LogP contribution in [0.2, 0.25) is 0 Å². The van der Waals surface area contributed by atoms with Crippen molar-refractivity contribution in [2.75, 3.05) is 0 Å². The summed E-state index contributed by atoms with van der Waals surface area (Å²) in [7, 11) is 0. The lowest BCUT2D eigenvalue weighted by atomic mass is 10.1. The summed E-state index contributed by atoms with van der Waals surface area (Å²) >= 11 is 0. The van der Waals surface area contributed by atoms with Gasteiger partial charge in [0.25, 0.3) is 0 Å². The summed E-state index contributed by atoms with van der Waals surface area (Å²) in [5, 5.41) is 14.1. The minimum Gasteiger partial charge on any atom is -0.337 e. The molecule has 9 heteroatoms. The first-order valence-electron chi connectivity index (χ1n) is 6.17. The fourth-order valence-corrected chi connectivity index (χ4v) is 1.81. The quantitative estimate of drug-likeness (QED) is 0.671. The SMILES string of the molecule is CCCC(N)c1nc(-c2c(F)ccc([N+](=O)[O-])c2F)no1. The molecule has 0 fully saturated rings. The molecule has 2 rings (SSSR count). The maximum Gasteiger partial charge on any atom is 0.305 e. The van der Waals surface area contributed by atoms with E-state index in [1.165, 1.54) is 0 Å². The van der Waals surface area contributed by atoms with Crippen molar-refractivity contribution >= 4 is 5.69 Å². The predicted octanol–water partition coefficient (Wildman–Crippen LogP) is 2.72. The molecule has 0 bridgehead atoms. The third kappa shape index (κ3) is 2.87. The Morgan fingerprint density at radius 2 is 2.19 bits per heavy atom. The first-order valence-corrected chi connectivity index (χ1v) is 6.17. The Morgan fingerprint density at radius 3 is 2.81 bits per heavy atom. The van der Waals surface area contributed by atoms with Crippen LogP contribution in [0.3, 0.4) is 0 Å². The highest BCUT2D eigenvalue weighted by Gasteiger charge is 2.26. The lowest BCUT2D eigenvalue weighted by molar-refractivity contribution is -0.387. The normalized spacial score (nSPS) is 12.4. The van der Waals surface area contributed by atoms with Crippen LogP contribution < -0.4 is 5.73 Å². The monoisotopic (exact) mass is 298 g/mol. The molecule has 2 aromatic rings. The number of hydrogen-bond acceptors (Lipinski definition) is 6. The number of nitro benzene ring substituents is 1. The zero-order valence-corrected chi connectivity index (χ0v) is 11.0. The Labute approximate surface area is 117 Å². The first kappa shape index (κ1) is 15.0. The largest absolute Gasteiger partial charge is 0.337 e. The van der Waals surface area contributed by atoms with Crippen LogP contribution in [0.4, 0.5) is 14.5 Å².